The third-order valence-electron chi connectivity index (χ3n) is 3.09. The fourth-order valence-electron chi connectivity index (χ4n) is 2.01. The lowest BCUT2D eigenvalue weighted by Crippen LogP contribution is -2.55. The second kappa shape index (κ2) is 3.66. The van der Waals surface area contributed by atoms with Crippen LogP contribution in [0.5, 0.6) is 0 Å². The Morgan fingerprint density at radius 3 is 2.87 bits per heavy atom. The highest BCUT2D eigenvalue weighted by atomic mass is 16.4. The first-order chi connectivity index (χ1) is 7.19. The fraction of sp³-hybridized carbons (Fsp3) is 0.600. The van der Waals surface area contributed by atoms with Gasteiger partial charge in [0.05, 0.1) is 12.9 Å². The Balaban J connectivity index is 2.21. The second-order valence-corrected chi connectivity index (χ2v) is 4.04. The number of nitrogens with zero attached hydrogens (tertiary/aromatic N) is 2. The van der Waals surface area contributed by atoms with E-state index in [-0.39, 0.29) is 5.92 Å². The zero-order chi connectivity index (χ0) is 10.9. The van der Waals surface area contributed by atoms with Gasteiger partial charge >= 0.3 is 5.97 Å². The van der Waals surface area contributed by atoms with E-state index in [1.807, 2.05) is 4.57 Å². The van der Waals surface area contributed by atoms with Crippen LogP contribution in [0.3, 0.4) is 0 Å². The number of carbonyl (C=O) groups is 1. The van der Waals surface area contributed by atoms with Crippen LogP contribution in [-0.2, 0) is 11.3 Å². The number of carboxylic acids is 1. The van der Waals surface area contributed by atoms with Gasteiger partial charge in [0.15, 0.2) is 0 Å². The van der Waals surface area contributed by atoms with Crippen molar-refractivity contribution in [3.05, 3.63) is 18.7 Å². The van der Waals surface area contributed by atoms with Crippen molar-refractivity contribution in [2.75, 3.05) is 7.05 Å². The van der Waals surface area contributed by atoms with Crippen molar-refractivity contribution in [1.29, 1.82) is 0 Å². The number of aliphatic carboxylic acids is 1. The molecular weight excluding hydrogens is 194 g/mol. The van der Waals surface area contributed by atoms with Crippen molar-refractivity contribution in [2.24, 2.45) is 5.92 Å². The summed E-state index contributed by atoms with van der Waals surface area (Å²) in [5, 5.41) is 12.3. The zero-order valence-corrected chi connectivity index (χ0v) is 8.68. The van der Waals surface area contributed by atoms with Crippen molar-refractivity contribution >= 4 is 5.97 Å². The zero-order valence-electron chi connectivity index (χ0n) is 8.68. The van der Waals surface area contributed by atoms with Gasteiger partial charge in [0.25, 0.3) is 0 Å². The number of nitrogens with one attached hydrogen (secondary N) is 1. The predicted molar refractivity (Wildman–Crippen MR) is 54.4 cm³/mol. The molecule has 0 spiro atoms. The van der Waals surface area contributed by atoms with Gasteiger partial charge in [-0.3, -0.25) is 4.79 Å². The minimum Gasteiger partial charge on any atom is -0.480 e. The number of imidazole rings is 1. The predicted octanol–water partition coefficient (Wildman–Crippen LogP) is 0.336. The monoisotopic (exact) mass is 209 g/mol. The molecule has 0 radical (unpaired) electrons. The Morgan fingerprint density at radius 2 is 2.47 bits per heavy atom. The van der Waals surface area contributed by atoms with Crippen LogP contribution in [0.15, 0.2) is 18.7 Å². The van der Waals surface area contributed by atoms with E-state index in [4.69, 9.17) is 0 Å². The molecule has 1 aliphatic rings. The number of rotatable bonds is 5. The highest BCUT2D eigenvalue weighted by Crippen LogP contribution is 2.40. The maximum absolute atomic E-state index is 11.4. The fourth-order valence-corrected chi connectivity index (χ4v) is 2.01. The first-order valence-electron chi connectivity index (χ1n) is 5.07. The molecule has 1 unspecified atom stereocenters. The largest absolute Gasteiger partial charge is 0.480 e. The van der Waals surface area contributed by atoms with Gasteiger partial charge in [-0.25, -0.2) is 4.98 Å². The molecule has 1 aromatic heterocycles. The summed E-state index contributed by atoms with van der Waals surface area (Å²) < 4.78 is 1.81. The van der Waals surface area contributed by atoms with Crippen LogP contribution in [0.1, 0.15) is 12.8 Å². The third-order valence-corrected chi connectivity index (χ3v) is 3.09. The molecule has 82 valence electrons. The number of likely N-dealkylation sites (N-methyl/N-ethyl adjacent to an activating group) is 1. The summed E-state index contributed by atoms with van der Waals surface area (Å²) in [6.07, 6.45) is 7.08. The highest BCUT2D eigenvalue weighted by Gasteiger charge is 2.50. The molecule has 0 saturated heterocycles. The molecule has 0 bridgehead atoms. The summed E-state index contributed by atoms with van der Waals surface area (Å²) in [5.41, 5.74) is -0.833. The van der Waals surface area contributed by atoms with Gasteiger partial charge in [0.1, 0.15) is 5.54 Å². The van der Waals surface area contributed by atoms with E-state index in [9.17, 15) is 9.90 Å². The number of aromatic nitrogens is 2. The van der Waals surface area contributed by atoms with Gasteiger partial charge in [-0.05, 0) is 25.8 Å². The Labute approximate surface area is 88.1 Å². The standard InChI is InChI=1S/C10H15N3O2/c1-11-10(9(14)15,8-2-3-8)6-13-5-4-12-7-13/h4-5,7-8,11H,2-3,6H2,1H3,(H,14,15). The molecule has 1 fully saturated rings. The molecule has 2 N–H and O–H groups in total. The average Bonchev–Trinajstić information content (AvgIpc) is 2.94. The summed E-state index contributed by atoms with van der Waals surface area (Å²) in [6, 6.07) is 0. The Hall–Kier alpha value is -1.36. The maximum Gasteiger partial charge on any atom is 0.326 e. The van der Waals surface area contributed by atoms with Crippen LogP contribution >= 0.6 is 0 Å². The SMILES string of the molecule is CNC(Cn1ccnc1)(C(=O)O)C1CC1. The lowest BCUT2D eigenvalue weighted by Gasteiger charge is -2.29. The molecule has 5 heteroatoms. The first kappa shape index (κ1) is 10.2. The van der Waals surface area contributed by atoms with Crippen molar-refractivity contribution in [3.8, 4) is 0 Å². The lowest BCUT2D eigenvalue weighted by atomic mass is 9.93. The van der Waals surface area contributed by atoms with Gasteiger partial charge in [0.2, 0.25) is 0 Å². The van der Waals surface area contributed by atoms with Crippen LogP contribution in [0.4, 0.5) is 0 Å². The molecule has 15 heavy (non-hydrogen) atoms. The van der Waals surface area contributed by atoms with E-state index in [1.54, 1.807) is 25.8 Å². The molecule has 0 aliphatic heterocycles. The van der Waals surface area contributed by atoms with Gasteiger partial charge in [0, 0.05) is 12.4 Å². The molecular formula is C10H15N3O2. The third kappa shape index (κ3) is 1.74. The van der Waals surface area contributed by atoms with E-state index in [2.05, 4.69) is 10.3 Å². The topological polar surface area (TPSA) is 67.2 Å². The van der Waals surface area contributed by atoms with Crippen molar-refractivity contribution in [1.82, 2.24) is 14.9 Å². The minimum absolute atomic E-state index is 0.238. The van der Waals surface area contributed by atoms with E-state index in [1.165, 1.54) is 0 Å². The molecule has 1 aromatic rings. The van der Waals surface area contributed by atoms with Gasteiger partial charge in [-0.1, -0.05) is 0 Å². The molecule has 1 aliphatic carbocycles. The highest BCUT2D eigenvalue weighted by molar-refractivity contribution is 5.79. The van der Waals surface area contributed by atoms with Crippen molar-refractivity contribution in [3.63, 3.8) is 0 Å². The van der Waals surface area contributed by atoms with E-state index in [0.29, 0.717) is 6.54 Å². The maximum atomic E-state index is 11.4. The van der Waals surface area contributed by atoms with E-state index >= 15 is 0 Å². The Bertz CT molecular complexity index is 346. The summed E-state index contributed by atoms with van der Waals surface area (Å²) >= 11 is 0. The second-order valence-electron chi connectivity index (χ2n) is 4.04. The Morgan fingerprint density at radius 1 is 1.73 bits per heavy atom. The van der Waals surface area contributed by atoms with Crippen LogP contribution in [0.25, 0.3) is 0 Å². The first-order valence-corrected chi connectivity index (χ1v) is 5.07. The summed E-state index contributed by atoms with van der Waals surface area (Å²) in [4.78, 5) is 15.3. The van der Waals surface area contributed by atoms with Gasteiger partial charge < -0.3 is 15.0 Å². The Kier molecular flexibility index (Phi) is 2.48. The average molecular weight is 209 g/mol. The smallest absolute Gasteiger partial charge is 0.326 e. The number of hydrogen-bond acceptors (Lipinski definition) is 3. The molecule has 0 aromatic carbocycles. The summed E-state index contributed by atoms with van der Waals surface area (Å²) in [6.45, 7) is 0.434. The molecule has 1 atom stereocenters. The van der Waals surface area contributed by atoms with Crippen molar-refractivity contribution in [2.45, 2.75) is 24.9 Å². The van der Waals surface area contributed by atoms with Crippen LogP contribution < -0.4 is 5.32 Å². The normalized spacial score (nSPS) is 19.8. The molecule has 5 nitrogen and oxygen atoms in total. The molecule has 2 rings (SSSR count). The summed E-state index contributed by atoms with van der Waals surface area (Å²) in [5.74, 6) is -0.538. The molecule has 1 saturated carbocycles. The summed E-state index contributed by atoms with van der Waals surface area (Å²) in [7, 11) is 1.71. The van der Waals surface area contributed by atoms with Crippen LogP contribution in [0, 0.1) is 5.92 Å². The molecule has 1 heterocycles. The van der Waals surface area contributed by atoms with E-state index in [0.717, 1.165) is 12.8 Å². The molecule has 0 amide bonds. The van der Waals surface area contributed by atoms with Gasteiger partial charge in [-0.15, -0.1) is 0 Å². The number of carboxylic acid groups (broad SMARTS) is 1. The van der Waals surface area contributed by atoms with Gasteiger partial charge in [-0.2, -0.15) is 0 Å². The quantitative estimate of drug-likeness (QED) is 0.733. The van der Waals surface area contributed by atoms with E-state index < -0.39 is 11.5 Å². The van der Waals surface area contributed by atoms with Crippen LogP contribution in [-0.4, -0.2) is 33.2 Å². The minimum atomic E-state index is -0.833. The van der Waals surface area contributed by atoms with Crippen molar-refractivity contribution < 1.29 is 9.90 Å². The van der Waals surface area contributed by atoms with Crippen LogP contribution in [0.2, 0.25) is 0 Å². The lowest BCUT2D eigenvalue weighted by molar-refractivity contribution is -0.146. The number of hydrogen-bond donors (Lipinski definition) is 2.